The highest BCUT2D eigenvalue weighted by atomic mass is 35.5. The average molecular weight is 429 g/mol. The number of piperidine rings is 1. The molecule has 29 heavy (non-hydrogen) atoms. The Morgan fingerprint density at radius 1 is 1.10 bits per heavy atom. The van der Waals surface area contributed by atoms with Crippen molar-refractivity contribution in [1.82, 2.24) is 10.2 Å². The molecule has 1 saturated heterocycles. The molecule has 1 aliphatic rings. The van der Waals surface area contributed by atoms with Crippen molar-refractivity contribution in [3.05, 3.63) is 70.0 Å². The van der Waals surface area contributed by atoms with Gasteiger partial charge in [-0.15, -0.1) is 0 Å². The van der Waals surface area contributed by atoms with Gasteiger partial charge >= 0.3 is 6.18 Å². The molecule has 9 heteroatoms. The number of alkyl halides is 3. The Bertz CT molecular complexity index is 916. The molecule has 0 aliphatic carbocycles. The first kappa shape index (κ1) is 21.1. The van der Waals surface area contributed by atoms with E-state index in [2.05, 4.69) is 5.32 Å². The standard InChI is InChI=1S/C20H17ClF4N2O2/c21-17-8-7-14(22)10-16(17)19(29)27-9-1-2-15(11-27)26-18(28)12-3-5-13(6-4-12)20(23,24)25/h3-8,10,15H,1-2,9,11H2,(H,26,28). The van der Waals surface area contributed by atoms with Gasteiger partial charge in [-0.3, -0.25) is 9.59 Å². The summed E-state index contributed by atoms with van der Waals surface area (Å²) in [4.78, 5) is 26.5. The molecule has 0 spiro atoms. The van der Waals surface area contributed by atoms with Crippen molar-refractivity contribution in [2.75, 3.05) is 13.1 Å². The number of carbonyl (C=O) groups excluding carboxylic acids is 2. The van der Waals surface area contributed by atoms with E-state index in [4.69, 9.17) is 11.6 Å². The smallest absolute Gasteiger partial charge is 0.348 e. The molecule has 1 N–H and O–H groups in total. The second-order valence-corrected chi connectivity index (χ2v) is 7.17. The van der Waals surface area contributed by atoms with E-state index in [0.29, 0.717) is 19.4 Å². The lowest BCUT2D eigenvalue weighted by atomic mass is 10.0. The van der Waals surface area contributed by atoms with Gasteiger partial charge in [-0.25, -0.2) is 4.39 Å². The van der Waals surface area contributed by atoms with Crippen molar-refractivity contribution in [1.29, 1.82) is 0 Å². The zero-order chi connectivity index (χ0) is 21.2. The van der Waals surface area contributed by atoms with Crippen LogP contribution in [0.5, 0.6) is 0 Å². The summed E-state index contributed by atoms with van der Waals surface area (Å²) >= 11 is 5.99. The van der Waals surface area contributed by atoms with Crippen LogP contribution in [0.3, 0.4) is 0 Å². The maximum absolute atomic E-state index is 13.5. The van der Waals surface area contributed by atoms with Gasteiger partial charge in [-0.2, -0.15) is 13.2 Å². The SMILES string of the molecule is O=C(NC1CCCN(C(=O)c2cc(F)ccc2Cl)C1)c1ccc(C(F)(F)F)cc1. The number of nitrogens with one attached hydrogen (secondary N) is 1. The number of carbonyl (C=O) groups is 2. The summed E-state index contributed by atoms with van der Waals surface area (Å²) < 4.78 is 51.4. The first-order valence-electron chi connectivity index (χ1n) is 8.87. The fourth-order valence-corrected chi connectivity index (χ4v) is 3.39. The fraction of sp³-hybridized carbons (Fsp3) is 0.300. The average Bonchev–Trinajstić information content (AvgIpc) is 2.69. The van der Waals surface area contributed by atoms with Gasteiger partial charge in [0.15, 0.2) is 0 Å². The molecular weight excluding hydrogens is 412 g/mol. The highest BCUT2D eigenvalue weighted by Gasteiger charge is 2.31. The van der Waals surface area contributed by atoms with E-state index in [1.54, 1.807) is 0 Å². The molecule has 2 aromatic rings. The monoisotopic (exact) mass is 428 g/mol. The minimum atomic E-state index is -4.47. The molecule has 2 amide bonds. The molecule has 4 nitrogen and oxygen atoms in total. The molecule has 1 atom stereocenters. The van der Waals surface area contributed by atoms with Crippen molar-refractivity contribution < 1.29 is 27.2 Å². The molecule has 1 fully saturated rings. The van der Waals surface area contributed by atoms with Crippen molar-refractivity contribution in [2.45, 2.75) is 25.1 Å². The molecule has 0 bridgehead atoms. The van der Waals surface area contributed by atoms with E-state index < -0.39 is 29.4 Å². The van der Waals surface area contributed by atoms with E-state index in [1.165, 1.54) is 11.0 Å². The van der Waals surface area contributed by atoms with Crippen molar-refractivity contribution in [2.24, 2.45) is 0 Å². The zero-order valence-corrected chi connectivity index (χ0v) is 15.9. The maximum atomic E-state index is 13.5. The highest BCUT2D eigenvalue weighted by Crippen LogP contribution is 2.29. The number of hydrogen-bond donors (Lipinski definition) is 1. The van der Waals surface area contributed by atoms with Gasteiger partial charge in [0.25, 0.3) is 11.8 Å². The second kappa shape index (κ2) is 8.41. The molecule has 0 radical (unpaired) electrons. The molecule has 0 aromatic heterocycles. The summed E-state index contributed by atoms with van der Waals surface area (Å²) in [6.45, 7) is 0.621. The van der Waals surface area contributed by atoms with Crippen LogP contribution in [0.25, 0.3) is 0 Å². The number of benzene rings is 2. The van der Waals surface area contributed by atoms with Crippen LogP contribution in [0.2, 0.25) is 5.02 Å². The van der Waals surface area contributed by atoms with Crippen LogP contribution in [-0.2, 0) is 6.18 Å². The predicted octanol–water partition coefficient (Wildman–Crippen LogP) is 4.53. The second-order valence-electron chi connectivity index (χ2n) is 6.76. The van der Waals surface area contributed by atoms with E-state index >= 15 is 0 Å². The number of nitrogens with zero attached hydrogens (tertiary/aromatic N) is 1. The lowest BCUT2D eigenvalue weighted by Gasteiger charge is -2.33. The Hall–Kier alpha value is -2.61. The van der Waals surface area contributed by atoms with Gasteiger partial charge in [-0.05, 0) is 55.3 Å². The summed E-state index contributed by atoms with van der Waals surface area (Å²) in [6.07, 6.45) is -3.26. The number of halogens is 5. The van der Waals surface area contributed by atoms with Gasteiger partial charge in [0.2, 0.25) is 0 Å². The third kappa shape index (κ3) is 5.06. The number of hydrogen-bond acceptors (Lipinski definition) is 2. The Kier molecular flexibility index (Phi) is 6.12. The zero-order valence-electron chi connectivity index (χ0n) is 15.1. The summed E-state index contributed by atoms with van der Waals surface area (Å²) in [5.74, 6) is -1.55. The van der Waals surface area contributed by atoms with Crippen LogP contribution < -0.4 is 5.32 Å². The van der Waals surface area contributed by atoms with Crippen molar-refractivity contribution >= 4 is 23.4 Å². The van der Waals surface area contributed by atoms with Crippen molar-refractivity contribution in [3.8, 4) is 0 Å². The van der Waals surface area contributed by atoms with Crippen LogP contribution in [0, 0.1) is 5.82 Å². The summed E-state index contributed by atoms with van der Waals surface area (Å²) in [5, 5.41) is 2.87. The number of rotatable bonds is 3. The first-order chi connectivity index (χ1) is 13.6. The third-order valence-corrected chi connectivity index (χ3v) is 5.01. The fourth-order valence-electron chi connectivity index (χ4n) is 3.19. The lowest BCUT2D eigenvalue weighted by Crippen LogP contribution is -2.49. The lowest BCUT2D eigenvalue weighted by molar-refractivity contribution is -0.137. The molecule has 154 valence electrons. The summed E-state index contributed by atoms with van der Waals surface area (Å²) in [6, 6.07) is 7.05. The van der Waals surface area contributed by atoms with Gasteiger partial charge < -0.3 is 10.2 Å². The van der Waals surface area contributed by atoms with Gasteiger partial charge in [0, 0.05) is 24.7 Å². The molecule has 3 rings (SSSR count). The van der Waals surface area contributed by atoms with Crippen LogP contribution in [0.1, 0.15) is 39.1 Å². The molecule has 1 heterocycles. The predicted molar refractivity (Wildman–Crippen MR) is 99.2 cm³/mol. The summed E-state index contributed by atoms with van der Waals surface area (Å²) in [7, 11) is 0. The maximum Gasteiger partial charge on any atom is 0.416 e. The quantitative estimate of drug-likeness (QED) is 0.730. The topological polar surface area (TPSA) is 49.4 Å². The highest BCUT2D eigenvalue weighted by molar-refractivity contribution is 6.33. The van der Waals surface area contributed by atoms with Crippen LogP contribution in [-0.4, -0.2) is 35.8 Å². The summed E-state index contributed by atoms with van der Waals surface area (Å²) in [5.41, 5.74) is -0.702. The van der Waals surface area contributed by atoms with E-state index in [9.17, 15) is 27.2 Å². The normalized spacial score (nSPS) is 17.1. The van der Waals surface area contributed by atoms with Gasteiger partial charge in [0.1, 0.15) is 5.82 Å². The Labute approximate surface area is 169 Å². The largest absolute Gasteiger partial charge is 0.416 e. The number of amides is 2. The minimum Gasteiger partial charge on any atom is -0.348 e. The molecule has 2 aromatic carbocycles. The Balaban J connectivity index is 1.65. The van der Waals surface area contributed by atoms with E-state index in [0.717, 1.165) is 36.4 Å². The molecule has 1 aliphatic heterocycles. The first-order valence-corrected chi connectivity index (χ1v) is 9.25. The van der Waals surface area contributed by atoms with E-state index in [-0.39, 0.29) is 28.7 Å². The molecular formula is C20H17ClF4N2O2. The minimum absolute atomic E-state index is 0.0429. The van der Waals surface area contributed by atoms with Crippen LogP contribution >= 0.6 is 11.6 Å². The van der Waals surface area contributed by atoms with Crippen LogP contribution in [0.15, 0.2) is 42.5 Å². The number of likely N-dealkylation sites (tertiary alicyclic amines) is 1. The Morgan fingerprint density at radius 3 is 2.45 bits per heavy atom. The van der Waals surface area contributed by atoms with Gasteiger partial charge in [0.05, 0.1) is 16.1 Å². The molecule has 0 saturated carbocycles. The van der Waals surface area contributed by atoms with E-state index in [1.807, 2.05) is 0 Å². The molecule has 1 unspecified atom stereocenters. The third-order valence-electron chi connectivity index (χ3n) is 4.68. The van der Waals surface area contributed by atoms with Crippen LogP contribution in [0.4, 0.5) is 17.6 Å². The van der Waals surface area contributed by atoms with Crippen molar-refractivity contribution in [3.63, 3.8) is 0 Å². The van der Waals surface area contributed by atoms with Gasteiger partial charge in [-0.1, -0.05) is 11.6 Å². The Morgan fingerprint density at radius 2 is 1.79 bits per heavy atom.